The maximum absolute atomic E-state index is 10.8. The van der Waals surface area contributed by atoms with Crippen molar-refractivity contribution in [3.63, 3.8) is 0 Å². The van der Waals surface area contributed by atoms with Crippen molar-refractivity contribution >= 4 is 23.3 Å². The Hall–Kier alpha value is -2.99. The van der Waals surface area contributed by atoms with Crippen molar-refractivity contribution in [2.24, 2.45) is 0 Å². The number of piperidine rings is 1. The van der Waals surface area contributed by atoms with Crippen LogP contribution in [0.2, 0.25) is 0 Å². The normalized spacial score (nSPS) is 14.4. The van der Waals surface area contributed by atoms with E-state index in [0.717, 1.165) is 23.0 Å². The number of aldehydes is 1. The number of fused-ring (bicyclic) bond motifs is 1. The summed E-state index contributed by atoms with van der Waals surface area (Å²) in [6, 6.07) is 10.2. The summed E-state index contributed by atoms with van der Waals surface area (Å²) in [6.45, 7) is 2.64. The number of rotatable bonds is 3. The van der Waals surface area contributed by atoms with E-state index in [-0.39, 0.29) is 5.56 Å². The summed E-state index contributed by atoms with van der Waals surface area (Å²) in [5.74, 6) is -0.956. The Labute approximate surface area is 158 Å². The lowest BCUT2D eigenvalue weighted by Crippen LogP contribution is -2.24. The number of carboxylic acids is 1. The molecule has 0 amide bonds. The van der Waals surface area contributed by atoms with E-state index in [4.69, 9.17) is 5.11 Å². The first-order valence-electron chi connectivity index (χ1n) is 9.03. The number of carboxylic acid groups (broad SMARTS) is 1. The molecule has 4 rings (SSSR count). The van der Waals surface area contributed by atoms with Crippen molar-refractivity contribution in [2.45, 2.75) is 19.3 Å². The zero-order valence-corrected chi connectivity index (χ0v) is 15.3. The molecule has 3 heterocycles. The van der Waals surface area contributed by atoms with Gasteiger partial charge in [-0.1, -0.05) is 6.42 Å². The molecule has 6 nitrogen and oxygen atoms in total. The molecule has 27 heavy (non-hydrogen) atoms. The van der Waals surface area contributed by atoms with Crippen LogP contribution in [0.15, 0.2) is 48.8 Å². The number of aromatic carboxylic acids is 1. The van der Waals surface area contributed by atoms with Gasteiger partial charge in [0.15, 0.2) is 6.29 Å². The molecular weight excluding hydrogens is 342 g/mol. The van der Waals surface area contributed by atoms with Gasteiger partial charge in [0.05, 0.1) is 5.56 Å². The van der Waals surface area contributed by atoms with Crippen molar-refractivity contribution < 1.29 is 14.7 Å². The lowest BCUT2D eigenvalue weighted by atomic mass is 10.1. The molecule has 0 aliphatic carbocycles. The first kappa shape index (κ1) is 18.8. The fraction of sp³-hybridized carbons (Fsp3) is 0.286. The Morgan fingerprint density at radius 1 is 1.11 bits per heavy atom. The largest absolute Gasteiger partial charge is 0.478 e. The average molecular weight is 365 g/mol. The molecule has 140 valence electrons. The van der Waals surface area contributed by atoms with Gasteiger partial charge in [-0.3, -0.25) is 4.79 Å². The molecule has 0 saturated carbocycles. The number of hydrogen-bond acceptors (Lipinski definition) is 4. The van der Waals surface area contributed by atoms with E-state index in [1.807, 2.05) is 16.8 Å². The number of nitrogens with zero attached hydrogens (tertiary/aromatic N) is 3. The predicted molar refractivity (Wildman–Crippen MR) is 105 cm³/mol. The molecule has 1 aromatic carbocycles. The van der Waals surface area contributed by atoms with Crippen LogP contribution in [0, 0.1) is 0 Å². The van der Waals surface area contributed by atoms with Gasteiger partial charge in [-0.15, -0.1) is 0 Å². The van der Waals surface area contributed by atoms with Crippen molar-refractivity contribution in [2.75, 3.05) is 20.1 Å². The zero-order valence-electron chi connectivity index (χ0n) is 15.3. The highest BCUT2D eigenvalue weighted by Crippen LogP contribution is 2.19. The second-order valence-corrected chi connectivity index (χ2v) is 6.70. The van der Waals surface area contributed by atoms with Gasteiger partial charge in [0.2, 0.25) is 0 Å². The topological polar surface area (TPSA) is 75.4 Å². The van der Waals surface area contributed by atoms with E-state index in [1.54, 1.807) is 30.3 Å². The minimum atomic E-state index is -0.956. The number of pyridine rings is 1. The van der Waals surface area contributed by atoms with Crippen molar-refractivity contribution in [3.8, 4) is 5.69 Å². The van der Waals surface area contributed by atoms with Crippen LogP contribution in [0.25, 0.3) is 16.7 Å². The molecule has 0 atom stereocenters. The molecule has 1 N–H and O–H groups in total. The van der Waals surface area contributed by atoms with Crippen LogP contribution >= 0.6 is 0 Å². The third kappa shape index (κ3) is 4.60. The Morgan fingerprint density at radius 3 is 2.37 bits per heavy atom. The van der Waals surface area contributed by atoms with Gasteiger partial charge < -0.3 is 14.6 Å². The van der Waals surface area contributed by atoms with E-state index < -0.39 is 5.97 Å². The van der Waals surface area contributed by atoms with Gasteiger partial charge in [-0.25, -0.2) is 9.78 Å². The number of carbonyl (C=O) groups is 2. The Morgan fingerprint density at radius 2 is 1.81 bits per heavy atom. The molecule has 1 saturated heterocycles. The van der Waals surface area contributed by atoms with E-state index in [0.29, 0.717) is 5.56 Å². The number of aromatic nitrogens is 2. The van der Waals surface area contributed by atoms with Gasteiger partial charge in [0, 0.05) is 29.0 Å². The maximum atomic E-state index is 10.8. The number of likely N-dealkylation sites (tertiary alicyclic amines) is 1. The predicted octanol–water partition coefficient (Wildman–Crippen LogP) is 3.64. The molecule has 0 spiro atoms. The standard InChI is InChI=1S/C15H10N2O3.C6H13N/c18-9-10-7-12-5-6-17(14(12)16-8-10)13-3-1-11(2-4-13)15(19)20;1-7-5-3-2-4-6-7/h1-9H,(H,19,20);2-6H2,1H3. The monoisotopic (exact) mass is 365 g/mol. The summed E-state index contributed by atoms with van der Waals surface area (Å²) in [4.78, 5) is 28.2. The summed E-state index contributed by atoms with van der Waals surface area (Å²) >= 11 is 0. The average Bonchev–Trinajstić information content (AvgIpc) is 3.12. The van der Waals surface area contributed by atoms with Crippen molar-refractivity contribution in [3.05, 3.63) is 59.9 Å². The van der Waals surface area contributed by atoms with Crippen LogP contribution in [0.3, 0.4) is 0 Å². The summed E-state index contributed by atoms with van der Waals surface area (Å²) < 4.78 is 1.84. The Kier molecular flexibility index (Phi) is 5.98. The lowest BCUT2D eigenvalue weighted by Gasteiger charge is -2.20. The van der Waals surface area contributed by atoms with Crippen LogP contribution in [-0.4, -0.2) is 52.0 Å². The van der Waals surface area contributed by atoms with Crippen LogP contribution < -0.4 is 0 Å². The fourth-order valence-corrected chi connectivity index (χ4v) is 3.13. The highest BCUT2D eigenvalue weighted by atomic mass is 16.4. The first-order valence-corrected chi connectivity index (χ1v) is 9.03. The highest BCUT2D eigenvalue weighted by molar-refractivity contribution is 5.88. The second-order valence-electron chi connectivity index (χ2n) is 6.70. The van der Waals surface area contributed by atoms with Gasteiger partial charge in [0.25, 0.3) is 0 Å². The van der Waals surface area contributed by atoms with Crippen LogP contribution in [-0.2, 0) is 0 Å². The fourth-order valence-electron chi connectivity index (χ4n) is 3.13. The van der Waals surface area contributed by atoms with Crippen molar-refractivity contribution in [1.29, 1.82) is 0 Å². The smallest absolute Gasteiger partial charge is 0.335 e. The van der Waals surface area contributed by atoms with E-state index >= 15 is 0 Å². The molecule has 2 aromatic heterocycles. The van der Waals surface area contributed by atoms with Crippen molar-refractivity contribution in [1.82, 2.24) is 14.5 Å². The third-order valence-corrected chi connectivity index (χ3v) is 4.66. The number of hydrogen-bond donors (Lipinski definition) is 1. The van der Waals surface area contributed by atoms with Gasteiger partial charge in [-0.05, 0) is 69.4 Å². The van der Waals surface area contributed by atoms with Gasteiger partial charge in [-0.2, -0.15) is 0 Å². The minimum absolute atomic E-state index is 0.237. The zero-order chi connectivity index (χ0) is 19.2. The molecule has 1 fully saturated rings. The molecule has 3 aromatic rings. The minimum Gasteiger partial charge on any atom is -0.478 e. The highest BCUT2D eigenvalue weighted by Gasteiger charge is 2.07. The lowest BCUT2D eigenvalue weighted by molar-refractivity contribution is 0.0696. The molecule has 1 aliphatic rings. The summed E-state index contributed by atoms with van der Waals surface area (Å²) in [5, 5.41) is 9.74. The summed E-state index contributed by atoms with van der Waals surface area (Å²) in [5.41, 5.74) is 2.30. The molecule has 0 unspecified atom stereocenters. The molecule has 0 radical (unpaired) electrons. The van der Waals surface area contributed by atoms with Crippen LogP contribution in [0.5, 0.6) is 0 Å². The molecular formula is C21H23N3O3. The molecule has 6 heteroatoms. The van der Waals surface area contributed by atoms with Gasteiger partial charge >= 0.3 is 5.97 Å². The number of benzene rings is 1. The number of carbonyl (C=O) groups excluding carboxylic acids is 1. The first-order chi connectivity index (χ1) is 13.1. The summed E-state index contributed by atoms with van der Waals surface area (Å²) in [6.07, 6.45) is 8.38. The quantitative estimate of drug-likeness (QED) is 0.717. The second kappa shape index (κ2) is 8.60. The maximum Gasteiger partial charge on any atom is 0.335 e. The SMILES string of the molecule is CN1CCCCC1.O=Cc1cnc2c(ccn2-c2ccc(C(=O)O)cc2)c1. The van der Waals surface area contributed by atoms with Crippen LogP contribution in [0.4, 0.5) is 0 Å². The summed E-state index contributed by atoms with van der Waals surface area (Å²) in [7, 11) is 2.19. The Bertz CT molecular complexity index is 925. The Balaban J connectivity index is 0.000000253. The van der Waals surface area contributed by atoms with E-state index in [2.05, 4.69) is 16.9 Å². The molecule has 0 bridgehead atoms. The van der Waals surface area contributed by atoms with E-state index in [1.165, 1.54) is 38.5 Å². The van der Waals surface area contributed by atoms with Gasteiger partial charge in [0.1, 0.15) is 5.65 Å². The van der Waals surface area contributed by atoms with Crippen LogP contribution in [0.1, 0.15) is 40.0 Å². The van der Waals surface area contributed by atoms with E-state index in [9.17, 15) is 9.59 Å². The molecule has 1 aliphatic heterocycles. The third-order valence-electron chi connectivity index (χ3n) is 4.66.